The Labute approximate surface area is 106 Å². The highest BCUT2D eigenvalue weighted by molar-refractivity contribution is 7.12. The van der Waals surface area contributed by atoms with Gasteiger partial charge in [0.15, 0.2) is 0 Å². The minimum Gasteiger partial charge on any atom is -0.304 e. The van der Waals surface area contributed by atoms with Crippen LogP contribution in [0.15, 0.2) is 30.7 Å². The van der Waals surface area contributed by atoms with Crippen LogP contribution in [0.5, 0.6) is 0 Å². The van der Waals surface area contributed by atoms with Gasteiger partial charge in [-0.1, -0.05) is 6.92 Å². The number of hydrogen-bond acceptors (Lipinski definition) is 4. The zero-order chi connectivity index (χ0) is 12.1. The maximum absolute atomic E-state index is 4.35. The van der Waals surface area contributed by atoms with Crippen molar-refractivity contribution in [2.45, 2.75) is 26.3 Å². The summed E-state index contributed by atoms with van der Waals surface area (Å²) < 4.78 is 0. The molecule has 4 heteroatoms. The monoisotopic (exact) mass is 247 g/mol. The van der Waals surface area contributed by atoms with Crippen LogP contribution in [0.2, 0.25) is 0 Å². The molecule has 90 valence electrons. The largest absolute Gasteiger partial charge is 0.304 e. The number of nitrogens with one attached hydrogen (secondary N) is 1. The van der Waals surface area contributed by atoms with E-state index in [2.05, 4.69) is 41.3 Å². The van der Waals surface area contributed by atoms with E-state index >= 15 is 0 Å². The first-order chi connectivity index (χ1) is 8.31. The fraction of sp³-hybridized carbons (Fsp3) is 0.385. The Morgan fingerprint density at radius 2 is 2.24 bits per heavy atom. The summed E-state index contributed by atoms with van der Waals surface area (Å²) in [5, 5.41) is 3.54. The summed E-state index contributed by atoms with van der Waals surface area (Å²) in [6.45, 7) is 5.29. The van der Waals surface area contributed by atoms with E-state index < -0.39 is 0 Å². The molecule has 0 amide bonds. The van der Waals surface area contributed by atoms with Crippen LogP contribution < -0.4 is 5.32 Å². The van der Waals surface area contributed by atoms with Gasteiger partial charge in [-0.15, -0.1) is 11.3 Å². The SMILES string of the molecule is CCCNC(c1ccncn1)c1ccc(C)s1. The predicted octanol–water partition coefficient (Wildman–Crippen LogP) is 2.94. The molecule has 0 radical (unpaired) electrons. The van der Waals surface area contributed by atoms with Crippen molar-refractivity contribution in [3.8, 4) is 0 Å². The summed E-state index contributed by atoms with van der Waals surface area (Å²) in [6, 6.07) is 6.50. The highest BCUT2D eigenvalue weighted by Gasteiger charge is 2.15. The molecule has 0 saturated heterocycles. The Morgan fingerprint density at radius 1 is 1.35 bits per heavy atom. The van der Waals surface area contributed by atoms with E-state index in [1.165, 1.54) is 9.75 Å². The lowest BCUT2D eigenvalue weighted by molar-refractivity contribution is 0.592. The van der Waals surface area contributed by atoms with Gasteiger partial charge in [-0.05, 0) is 38.1 Å². The fourth-order valence-corrected chi connectivity index (χ4v) is 2.69. The third kappa shape index (κ3) is 3.11. The van der Waals surface area contributed by atoms with Crippen molar-refractivity contribution >= 4 is 11.3 Å². The first kappa shape index (κ1) is 12.2. The molecule has 0 aliphatic heterocycles. The van der Waals surface area contributed by atoms with Crippen molar-refractivity contribution in [3.63, 3.8) is 0 Å². The van der Waals surface area contributed by atoms with Gasteiger partial charge in [0.2, 0.25) is 0 Å². The Bertz CT molecular complexity index is 453. The van der Waals surface area contributed by atoms with E-state index in [-0.39, 0.29) is 6.04 Å². The smallest absolute Gasteiger partial charge is 0.115 e. The van der Waals surface area contributed by atoms with Crippen LogP contribution in [0.1, 0.15) is 34.8 Å². The molecule has 2 aromatic heterocycles. The summed E-state index contributed by atoms with van der Waals surface area (Å²) in [6.07, 6.45) is 4.52. The molecular formula is C13H17N3S. The van der Waals surface area contributed by atoms with Crippen molar-refractivity contribution in [2.24, 2.45) is 0 Å². The average molecular weight is 247 g/mol. The summed E-state index contributed by atoms with van der Waals surface area (Å²) >= 11 is 1.82. The molecule has 0 spiro atoms. The molecular weight excluding hydrogens is 230 g/mol. The molecule has 1 N–H and O–H groups in total. The Hall–Kier alpha value is -1.26. The molecule has 0 aromatic carbocycles. The standard InChI is InChI=1S/C13H17N3S/c1-3-7-15-13(11-6-8-14-9-16-11)12-5-4-10(2)17-12/h4-6,8-9,13,15H,3,7H2,1-2H3. The molecule has 3 nitrogen and oxygen atoms in total. The van der Waals surface area contributed by atoms with Gasteiger partial charge < -0.3 is 5.32 Å². The van der Waals surface area contributed by atoms with Gasteiger partial charge in [-0.3, -0.25) is 0 Å². The predicted molar refractivity (Wildman–Crippen MR) is 71.2 cm³/mol. The normalized spacial score (nSPS) is 12.6. The highest BCUT2D eigenvalue weighted by Crippen LogP contribution is 2.26. The number of thiophene rings is 1. The summed E-state index contributed by atoms with van der Waals surface area (Å²) in [5.41, 5.74) is 1.04. The second kappa shape index (κ2) is 5.89. The quantitative estimate of drug-likeness (QED) is 0.882. The minimum atomic E-state index is 0.191. The molecule has 0 bridgehead atoms. The van der Waals surface area contributed by atoms with Crippen LogP contribution in [-0.4, -0.2) is 16.5 Å². The van der Waals surface area contributed by atoms with Crippen molar-refractivity contribution in [1.29, 1.82) is 0 Å². The van der Waals surface area contributed by atoms with Crippen LogP contribution in [-0.2, 0) is 0 Å². The second-order valence-electron chi connectivity index (χ2n) is 3.97. The lowest BCUT2D eigenvalue weighted by Crippen LogP contribution is -2.23. The van der Waals surface area contributed by atoms with Crippen molar-refractivity contribution in [3.05, 3.63) is 46.2 Å². The molecule has 2 rings (SSSR count). The topological polar surface area (TPSA) is 37.8 Å². The van der Waals surface area contributed by atoms with Crippen LogP contribution in [0, 0.1) is 6.92 Å². The van der Waals surface area contributed by atoms with Crippen LogP contribution in [0.4, 0.5) is 0 Å². The fourth-order valence-electron chi connectivity index (χ4n) is 1.72. The summed E-state index contributed by atoms with van der Waals surface area (Å²) in [5.74, 6) is 0. The first-order valence-electron chi connectivity index (χ1n) is 5.87. The van der Waals surface area contributed by atoms with E-state index in [0.717, 1.165) is 18.7 Å². The lowest BCUT2D eigenvalue weighted by Gasteiger charge is -2.16. The zero-order valence-electron chi connectivity index (χ0n) is 10.2. The van der Waals surface area contributed by atoms with Gasteiger partial charge in [0, 0.05) is 16.0 Å². The van der Waals surface area contributed by atoms with E-state index in [9.17, 15) is 0 Å². The molecule has 0 aliphatic carbocycles. The maximum atomic E-state index is 4.35. The summed E-state index contributed by atoms with van der Waals surface area (Å²) in [7, 11) is 0. The van der Waals surface area contributed by atoms with E-state index in [0.29, 0.717) is 0 Å². The average Bonchev–Trinajstić information content (AvgIpc) is 2.78. The molecule has 17 heavy (non-hydrogen) atoms. The van der Waals surface area contributed by atoms with Crippen molar-refractivity contribution in [1.82, 2.24) is 15.3 Å². The van der Waals surface area contributed by atoms with Crippen molar-refractivity contribution in [2.75, 3.05) is 6.54 Å². The number of nitrogens with zero attached hydrogens (tertiary/aromatic N) is 2. The van der Waals surface area contributed by atoms with Gasteiger partial charge in [0.25, 0.3) is 0 Å². The number of hydrogen-bond donors (Lipinski definition) is 1. The van der Waals surface area contributed by atoms with Gasteiger partial charge in [-0.2, -0.15) is 0 Å². The molecule has 1 atom stereocenters. The first-order valence-corrected chi connectivity index (χ1v) is 6.68. The highest BCUT2D eigenvalue weighted by atomic mass is 32.1. The number of aromatic nitrogens is 2. The molecule has 0 saturated carbocycles. The molecule has 0 fully saturated rings. The number of rotatable bonds is 5. The van der Waals surface area contributed by atoms with Crippen LogP contribution in [0.25, 0.3) is 0 Å². The Kier molecular flexibility index (Phi) is 4.23. The zero-order valence-corrected chi connectivity index (χ0v) is 11.0. The third-order valence-electron chi connectivity index (χ3n) is 2.54. The lowest BCUT2D eigenvalue weighted by atomic mass is 10.1. The summed E-state index contributed by atoms with van der Waals surface area (Å²) in [4.78, 5) is 11.0. The molecule has 2 aromatic rings. The van der Waals surface area contributed by atoms with Crippen molar-refractivity contribution < 1.29 is 0 Å². The molecule has 1 unspecified atom stereocenters. The van der Waals surface area contributed by atoms with E-state index in [1.54, 1.807) is 12.5 Å². The van der Waals surface area contributed by atoms with Gasteiger partial charge in [-0.25, -0.2) is 9.97 Å². The van der Waals surface area contributed by atoms with Gasteiger partial charge >= 0.3 is 0 Å². The Morgan fingerprint density at radius 3 is 2.82 bits per heavy atom. The van der Waals surface area contributed by atoms with E-state index in [1.807, 2.05) is 17.4 Å². The van der Waals surface area contributed by atoms with Gasteiger partial charge in [0.1, 0.15) is 6.33 Å². The minimum absolute atomic E-state index is 0.191. The van der Waals surface area contributed by atoms with Gasteiger partial charge in [0.05, 0.1) is 11.7 Å². The Balaban J connectivity index is 2.25. The second-order valence-corrected chi connectivity index (χ2v) is 5.29. The number of aryl methyl sites for hydroxylation is 1. The maximum Gasteiger partial charge on any atom is 0.115 e. The van der Waals surface area contributed by atoms with Crippen LogP contribution >= 0.6 is 11.3 Å². The van der Waals surface area contributed by atoms with Crippen LogP contribution in [0.3, 0.4) is 0 Å². The molecule has 2 heterocycles. The van der Waals surface area contributed by atoms with E-state index in [4.69, 9.17) is 0 Å². The molecule has 0 aliphatic rings. The third-order valence-corrected chi connectivity index (χ3v) is 3.61.